The summed E-state index contributed by atoms with van der Waals surface area (Å²) in [4.78, 5) is 23.6. The molecule has 3 rings (SSSR count). The minimum atomic E-state index is 0.000729. The molecule has 2 aromatic heterocycles. The largest absolute Gasteiger partial charge is 0.361 e. The minimum absolute atomic E-state index is 0.000729. The summed E-state index contributed by atoms with van der Waals surface area (Å²) >= 11 is 0. The third kappa shape index (κ3) is 4.59. The molecule has 0 bridgehead atoms. The molecular weight excluding hydrogens is 330 g/mol. The van der Waals surface area contributed by atoms with Crippen LogP contribution in [0.4, 0.5) is 5.95 Å². The molecule has 1 saturated heterocycles. The first-order valence-electron chi connectivity index (χ1n) is 9.31. The molecule has 7 heteroatoms. The van der Waals surface area contributed by atoms with Gasteiger partial charge in [0.1, 0.15) is 5.76 Å². The third-order valence-corrected chi connectivity index (χ3v) is 4.78. The number of aryl methyl sites for hydroxylation is 3. The van der Waals surface area contributed by atoms with Crippen LogP contribution < -0.4 is 10.2 Å². The fraction of sp³-hybridized carbons (Fsp3) is 0.579. The van der Waals surface area contributed by atoms with Crippen molar-refractivity contribution in [3.05, 3.63) is 34.5 Å². The van der Waals surface area contributed by atoms with Crippen LogP contribution in [-0.4, -0.2) is 34.1 Å². The monoisotopic (exact) mass is 357 g/mol. The van der Waals surface area contributed by atoms with Crippen LogP contribution in [0.5, 0.6) is 0 Å². The lowest BCUT2D eigenvalue weighted by atomic mass is 10.1. The van der Waals surface area contributed by atoms with Gasteiger partial charge >= 0.3 is 0 Å². The Kier molecular flexibility index (Phi) is 5.85. The topological polar surface area (TPSA) is 84.2 Å². The molecule has 1 aliphatic rings. The Morgan fingerprint density at radius 1 is 1.19 bits per heavy atom. The summed E-state index contributed by atoms with van der Waals surface area (Å²) in [7, 11) is 0. The highest BCUT2D eigenvalue weighted by molar-refractivity contribution is 5.76. The summed E-state index contributed by atoms with van der Waals surface area (Å²) in [5.41, 5.74) is 3.66. The molecule has 1 N–H and O–H groups in total. The molecule has 0 atom stereocenters. The molecule has 1 amide bonds. The maximum Gasteiger partial charge on any atom is 0.225 e. The Hall–Kier alpha value is -2.44. The Morgan fingerprint density at radius 3 is 2.65 bits per heavy atom. The van der Waals surface area contributed by atoms with E-state index in [0.717, 1.165) is 47.4 Å². The Morgan fingerprint density at radius 2 is 1.96 bits per heavy atom. The summed E-state index contributed by atoms with van der Waals surface area (Å²) in [6.45, 7) is 8.18. The molecule has 26 heavy (non-hydrogen) atoms. The Balaban J connectivity index is 1.55. The zero-order chi connectivity index (χ0) is 18.5. The normalized spacial score (nSPS) is 14.5. The predicted molar refractivity (Wildman–Crippen MR) is 99.0 cm³/mol. The van der Waals surface area contributed by atoms with E-state index in [1.54, 1.807) is 0 Å². The van der Waals surface area contributed by atoms with Crippen molar-refractivity contribution in [1.82, 2.24) is 20.4 Å². The van der Waals surface area contributed by atoms with Gasteiger partial charge in [-0.15, -0.1) is 0 Å². The van der Waals surface area contributed by atoms with Crippen molar-refractivity contribution in [2.45, 2.75) is 59.4 Å². The van der Waals surface area contributed by atoms with Crippen molar-refractivity contribution >= 4 is 11.9 Å². The van der Waals surface area contributed by atoms with E-state index in [9.17, 15) is 4.79 Å². The van der Waals surface area contributed by atoms with Crippen molar-refractivity contribution in [3.8, 4) is 0 Å². The van der Waals surface area contributed by atoms with Crippen LogP contribution in [0.25, 0.3) is 0 Å². The smallest absolute Gasteiger partial charge is 0.225 e. The van der Waals surface area contributed by atoms with E-state index in [0.29, 0.717) is 19.4 Å². The van der Waals surface area contributed by atoms with Crippen molar-refractivity contribution in [3.63, 3.8) is 0 Å². The van der Waals surface area contributed by atoms with Gasteiger partial charge in [-0.3, -0.25) is 4.79 Å². The molecule has 1 fully saturated rings. The number of hydrogen-bond acceptors (Lipinski definition) is 6. The lowest BCUT2D eigenvalue weighted by Crippen LogP contribution is -2.32. The Labute approximate surface area is 154 Å². The standard InChI is InChI=1S/C19H27N5O2/c1-13-11-16(22-19(21-13)24-9-5-4-6-10-24)12-20-18(25)8-7-17-14(2)23-26-15(17)3/h11H,4-10,12H2,1-3H3,(H,20,25). The fourth-order valence-electron chi connectivity index (χ4n) is 3.32. The molecule has 140 valence electrons. The van der Waals surface area contributed by atoms with E-state index in [1.165, 1.54) is 19.3 Å². The fourth-order valence-corrected chi connectivity index (χ4v) is 3.32. The first-order valence-corrected chi connectivity index (χ1v) is 9.31. The van der Waals surface area contributed by atoms with Gasteiger partial charge in [0.2, 0.25) is 11.9 Å². The van der Waals surface area contributed by atoms with Crippen LogP contribution in [0.1, 0.15) is 54.1 Å². The van der Waals surface area contributed by atoms with Gasteiger partial charge in [-0.05, 0) is 52.5 Å². The summed E-state index contributed by atoms with van der Waals surface area (Å²) in [5.74, 6) is 1.57. The van der Waals surface area contributed by atoms with Crippen molar-refractivity contribution in [1.29, 1.82) is 0 Å². The van der Waals surface area contributed by atoms with Gasteiger partial charge in [0, 0.05) is 30.8 Å². The molecular formula is C19H27N5O2. The van der Waals surface area contributed by atoms with Crippen molar-refractivity contribution in [2.24, 2.45) is 0 Å². The molecule has 0 radical (unpaired) electrons. The summed E-state index contributed by atoms with van der Waals surface area (Å²) in [6, 6.07) is 1.93. The van der Waals surface area contributed by atoms with E-state index >= 15 is 0 Å². The molecule has 0 aliphatic carbocycles. The first kappa shape index (κ1) is 18.4. The number of hydrogen-bond donors (Lipinski definition) is 1. The zero-order valence-electron chi connectivity index (χ0n) is 15.8. The summed E-state index contributed by atoms with van der Waals surface area (Å²) in [5, 5.41) is 6.88. The summed E-state index contributed by atoms with van der Waals surface area (Å²) in [6.07, 6.45) is 4.69. The van der Waals surface area contributed by atoms with Crippen LogP contribution >= 0.6 is 0 Å². The molecule has 0 unspecified atom stereocenters. The van der Waals surface area contributed by atoms with Gasteiger partial charge in [-0.1, -0.05) is 5.16 Å². The molecule has 1 aliphatic heterocycles. The highest BCUT2D eigenvalue weighted by Crippen LogP contribution is 2.17. The summed E-state index contributed by atoms with van der Waals surface area (Å²) < 4.78 is 5.14. The number of piperidine rings is 1. The second-order valence-electron chi connectivity index (χ2n) is 6.93. The van der Waals surface area contributed by atoms with E-state index in [1.807, 2.05) is 26.8 Å². The molecule has 7 nitrogen and oxygen atoms in total. The van der Waals surface area contributed by atoms with Crippen molar-refractivity contribution < 1.29 is 9.32 Å². The second-order valence-corrected chi connectivity index (χ2v) is 6.93. The highest BCUT2D eigenvalue weighted by atomic mass is 16.5. The van der Waals surface area contributed by atoms with Gasteiger partial charge in [-0.25, -0.2) is 9.97 Å². The number of carbonyl (C=O) groups is 1. The lowest BCUT2D eigenvalue weighted by Gasteiger charge is -2.27. The maximum absolute atomic E-state index is 12.2. The zero-order valence-corrected chi connectivity index (χ0v) is 15.8. The Bertz CT molecular complexity index is 746. The van der Waals surface area contributed by atoms with Gasteiger partial charge in [0.25, 0.3) is 0 Å². The molecule has 2 aromatic rings. The van der Waals surface area contributed by atoms with Crippen LogP contribution in [0, 0.1) is 20.8 Å². The van der Waals surface area contributed by atoms with Gasteiger partial charge in [-0.2, -0.15) is 0 Å². The van der Waals surface area contributed by atoms with E-state index in [4.69, 9.17) is 4.52 Å². The number of carbonyl (C=O) groups excluding carboxylic acids is 1. The van der Waals surface area contributed by atoms with E-state index in [-0.39, 0.29) is 5.91 Å². The molecule has 3 heterocycles. The SMILES string of the molecule is Cc1cc(CNC(=O)CCc2c(C)noc2C)nc(N2CCCCC2)n1. The number of nitrogens with zero attached hydrogens (tertiary/aromatic N) is 4. The molecule has 0 aromatic carbocycles. The van der Waals surface area contributed by atoms with Gasteiger partial charge in [0.15, 0.2) is 0 Å². The number of amides is 1. The highest BCUT2D eigenvalue weighted by Gasteiger charge is 2.15. The minimum Gasteiger partial charge on any atom is -0.361 e. The van der Waals surface area contributed by atoms with Crippen molar-refractivity contribution in [2.75, 3.05) is 18.0 Å². The van der Waals surface area contributed by atoms with Gasteiger partial charge < -0.3 is 14.7 Å². The number of aromatic nitrogens is 3. The predicted octanol–water partition coefficient (Wildman–Crippen LogP) is 2.63. The van der Waals surface area contributed by atoms with Crippen LogP contribution in [-0.2, 0) is 17.8 Å². The van der Waals surface area contributed by atoms with Crippen LogP contribution in [0.3, 0.4) is 0 Å². The average Bonchev–Trinajstić information content (AvgIpc) is 2.96. The second kappa shape index (κ2) is 8.29. The lowest BCUT2D eigenvalue weighted by molar-refractivity contribution is -0.121. The van der Waals surface area contributed by atoms with E-state index < -0.39 is 0 Å². The van der Waals surface area contributed by atoms with Gasteiger partial charge in [0.05, 0.1) is 17.9 Å². The number of anilines is 1. The number of rotatable bonds is 6. The maximum atomic E-state index is 12.2. The van der Waals surface area contributed by atoms with Crippen LogP contribution in [0.15, 0.2) is 10.6 Å². The molecule has 0 saturated carbocycles. The van der Waals surface area contributed by atoms with Crippen LogP contribution in [0.2, 0.25) is 0 Å². The third-order valence-electron chi connectivity index (χ3n) is 4.78. The molecule has 0 spiro atoms. The number of nitrogens with one attached hydrogen (secondary N) is 1. The average molecular weight is 357 g/mol. The quantitative estimate of drug-likeness (QED) is 0.855. The van der Waals surface area contributed by atoms with E-state index in [2.05, 4.69) is 25.3 Å². The first-order chi connectivity index (χ1) is 12.5.